The molecule has 0 aliphatic rings. The van der Waals surface area contributed by atoms with Crippen molar-refractivity contribution >= 4 is 17.6 Å². The molecule has 0 aliphatic heterocycles. The van der Waals surface area contributed by atoms with Gasteiger partial charge in [-0.15, -0.1) is 0 Å². The van der Waals surface area contributed by atoms with Gasteiger partial charge in [0.1, 0.15) is 5.75 Å². The highest BCUT2D eigenvalue weighted by atomic mass is 35.5. The van der Waals surface area contributed by atoms with Crippen molar-refractivity contribution in [2.24, 2.45) is 0 Å². The van der Waals surface area contributed by atoms with Crippen LogP contribution in [0, 0.1) is 0 Å². The van der Waals surface area contributed by atoms with Gasteiger partial charge < -0.3 is 15.2 Å². The Hall–Kier alpha value is -1.26. The fourth-order valence-electron chi connectivity index (χ4n) is 1.64. The van der Waals surface area contributed by atoms with Crippen LogP contribution >= 0.6 is 11.6 Å². The Morgan fingerprint density at radius 2 is 2.28 bits per heavy atom. The van der Waals surface area contributed by atoms with Gasteiger partial charge in [-0.1, -0.05) is 24.9 Å². The molecular weight excluding hydrogens is 254 g/mol. The van der Waals surface area contributed by atoms with E-state index in [0.29, 0.717) is 23.7 Å². The molecule has 2 N–H and O–H groups in total. The molecule has 1 aromatic carbocycles. The number of carboxylic acid groups (broad SMARTS) is 1. The summed E-state index contributed by atoms with van der Waals surface area (Å²) >= 11 is 5.91. The van der Waals surface area contributed by atoms with Crippen molar-refractivity contribution in [2.45, 2.75) is 32.4 Å². The maximum absolute atomic E-state index is 11.1. The lowest BCUT2D eigenvalue weighted by Crippen LogP contribution is -2.27. The smallest absolute Gasteiger partial charge is 0.344 e. The molecule has 4 nitrogen and oxygen atoms in total. The Kier molecular flexibility index (Phi) is 5.95. The van der Waals surface area contributed by atoms with Crippen molar-refractivity contribution in [3.63, 3.8) is 0 Å². The number of rotatable bonds is 7. The molecule has 18 heavy (non-hydrogen) atoms. The Morgan fingerprint density at radius 3 is 2.83 bits per heavy atom. The van der Waals surface area contributed by atoms with Crippen molar-refractivity contribution in [1.29, 1.82) is 0 Å². The standard InChI is InChI=1S/C13H18ClNO3/c1-3-4-12(13(16)17)18-11-6-5-10(14)7-9(11)8-15-2/h5-7,12,15H,3-4,8H2,1-2H3,(H,16,17). The van der Waals surface area contributed by atoms with Gasteiger partial charge in [0.25, 0.3) is 0 Å². The first-order valence-electron chi connectivity index (χ1n) is 5.91. The molecule has 1 rings (SSSR count). The van der Waals surface area contributed by atoms with Crippen LogP contribution in [0.5, 0.6) is 5.75 Å². The summed E-state index contributed by atoms with van der Waals surface area (Å²) < 4.78 is 5.56. The van der Waals surface area contributed by atoms with Crippen LogP contribution in [0.25, 0.3) is 0 Å². The van der Waals surface area contributed by atoms with E-state index >= 15 is 0 Å². The lowest BCUT2D eigenvalue weighted by molar-refractivity contribution is -0.145. The van der Waals surface area contributed by atoms with E-state index in [4.69, 9.17) is 21.4 Å². The van der Waals surface area contributed by atoms with Gasteiger partial charge in [-0.3, -0.25) is 0 Å². The maximum atomic E-state index is 11.1. The lowest BCUT2D eigenvalue weighted by Gasteiger charge is -2.17. The Bertz CT molecular complexity index is 409. The van der Waals surface area contributed by atoms with Crippen molar-refractivity contribution in [1.82, 2.24) is 5.32 Å². The quantitative estimate of drug-likeness (QED) is 0.801. The molecule has 0 radical (unpaired) electrons. The highest BCUT2D eigenvalue weighted by Crippen LogP contribution is 2.24. The second-order valence-corrected chi connectivity index (χ2v) is 4.45. The first-order chi connectivity index (χ1) is 8.58. The Morgan fingerprint density at radius 1 is 1.56 bits per heavy atom. The van der Waals surface area contributed by atoms with E-state index in [1.54, 1.807) is 18.2 Å². The summed E-state index contributed by atoms with van der Waals surface area (Å²) in [6.07, 6.45) is 0.426. The fourth-order valence-corrected chi connectivity index (χ4v) is 1.83. The van der Waals surface area contributed by atoms with E-state index in [-0.39, 0.29) is 0 Å². The average molecular weight is 272 g/mol. The van der Waals surface area contributed by atoms with Crippen molar-refractivity contribution in [2.75, 3.05) is 7.05 Å². The third kappa shape index (κ3) is 4.20. The van der Waals surface area contributed by atoms with Gasteiger partial charge in [0.15, 0.2) is 6.10 Å². The molecule has 0 aliphatic carbocycles. The molecule has 0 spiro atoms. The first kappa shape index (κ1) is 14.8. The van der Waals surface area contributed by atoms with Crippen LogP contribution in [0.4, 0.5) is 0 Å². The predicted octanol–water partition coefficient (Wildman–Crippen LogP) is 2.69. The second kappa shape index (κ2) is 7.24. The molecule has 1 unspecified atom stereocenters. The van der Waals surface area contributed by atoms with Gasteiger partial charge in [-0.2, -0.15) is 0 Å². The highest BCUT2D eigenvalue weighted by molar-refractivity contribution is 6.30. The van der Waals surface area contributed by atoms with Gasteiger partial charge in [-0.05, 0) is 31.7 Å². The van der Waals surface area contributed by atoms with Gasteiger partial charge in [0, 0.05) is 17.1 Å². The molecule has 0 saturated carbocycles. The Balaban J connectivity index is 2.90. The third-order valence-electron chi connectivity index (χ3n) is 2.49. The molecular formula is C13H18ClNO3. The van der Waals surface area contributed by atoms with Crippen molar-refractivity contribution < 1.29 is 14.6 Å². The highest BCUT2D eigenvalue weighted by Gasteiger charge is 2.19. The number of aliphatic carboxylic acids is 1. The normalized spacial score (nSPS) is 12.2. The second-order valence-electron chi connectivity index (χ2n) is 4.02. The van der Waals surface area contributed by atoms with Crippen LogP contribution < -0.4 is 10.1 Å². The summed E-state index contributed by atoms with van der Waals surface area (Å²) in [5.74, 6) is -0.378. The molecule has 0 bridgehead atoms. The summed E-state index contributed by atoms with van der Waals surface area (Å²) in [7, 11) is 1.81. The van der Waals surface area contributed by atoms with Crippen LogP contribution in [0.3, 0.4) is 0 Å². The lowest BCUT2D eigenvalue weighted by atomic mass is 10.1. The van der Waals surface area contributed by atoms with Crippen LogP contribution in [0.2, 0.25) is 5.02 Å². The number of halogens is 1. The third-order valence-corrected chi connectivity index (χ3v) is 2.72. The van der Waals surface area contributed by atoms with Gasteiger partial charge >= 0.3 is 5.97 Å². The van der Waals surface area contributed by atoms with Crippen molar-refractivity contribution in [3.8, 4) is 5.75 Å². The van der Waals surface area contributed by atoms with Crippen LogP contribution in [0.15, 0.2) is 18.2 Å². The van der Waals surface area contributed by atoms with Gasteiger partial charge in [-0.25, -0.2) is 4.79 Å². The fraction of sp³-hybridized carbons (Fsp3) is 0.462. The molecule has 0 heterocycles. The van der Waals surface area contributed by atoms with E-state index in [2.05, 4.69) is 5.32 Å². The molecule has 0 amide bonds. The zero-order chi connectivity index (χ0) is 13.5. The van der Waals surface area contributed by atoms with Crippen LogP contribution in [-0.2, 0) is 11.3 Å². The molecule has 100 valence electrons. The average Bonchev–Trinajstić information content (AvgIpc) is 2.31. The minimum atomic E-state index is -0.942. The molecule has 0 saturated heterocycles. The maximum Gasteiger partial charge on any atom is 0.344 e. The van der Waals surface area contributed by atoms with E-state index in [9.17, 15) is 4.79 Å². The number of nitrogens with one attached hydrogen (secondary N) is 1. The number of ether oxygens (including phenoxy) is 1. The summed E-state index contributed by atoms with van der Waals surface area (Å²) in [5, 5.41) is 12.7. The number of carboxylic acids is 1. The predicted molar refractivity (Wildman–Crippen MR) is 71.2 cm³/mol. The molecule has 0 aromatic heterocycles. The summed E-state index contributed by atoms with van der Waals surface area (Å²) in [4.78, 5) is 11.1. The van der Waals surface area contributed by atoms with Gasteiger partial charge in [0.2, 0.25) is 0 Å². The zero-order valence-electron chi connectivity index (χ0n) is 10.6. The van der Waals surface area contributed by atoms with Crippen molar-refractivity contribution in [3.05, 3.63) is 28.8 Å². The van der Waals surface area contributed by atoms with E-state index in [1.807, 2.05) is 14.0 Å². The summed E-state index contributed by atoms with van der Waals surface area (Å²) in [5.41, 5.74) is 0.854. The largest absolute Gasteiger partial charge is 0.479 e. The first-order valence-corrected chi connectivity index (χ1v) is 6.28. The summed E-state index contributed by atoms with van der Waals surface area (Å²) in [6, 6.07) is 5.18. The van der Waals surface area contributed by atoms with E-state index < -0.39 is 12.1 Å². The number of hydrogen-bond donors (Lipinski definition) is 2. The minimum absolute atomic E-state index is 0.483. The minimum Gasteiger partial charge on any atom is -0.479 e. The molecule has 0 fully saturated rings. The molecule has 5 heteroatoms. The monoisotopic (exact) mass is 271 g/mol. The molecule has 1 atom stereocenters. The zero-order valence-corrected chi connectivity index (χ0v) is 11.3. The topological polar surface area (TPSA) is 58.6 Å². The number of carbonyl (C=O) groups is 1. The van der Waals surface area contributed by atoms with E-state index in [0.717, 1.165) is 12.0 Å². The number of benzene rings is 1. The Labute approximate surface area is 112 Å². The van der Waals surface area contributed by atoms with Crippen LogP contribution in [-0.4, -0.2) is 24.2 Å². The van der Waals surface area contributed by atoms with Gasteiger partial charge in [0.05, 0.1) is 0 Å². The summed E-state index contributed by atoms with van der Waals surface area (Å²) in [6.45, 7) is 2.50. The SMILES string of the molecule is CCCC(Oc1ccc(Cl)cc1CNC)C(=O)O. The van der Waals surface area contributed by atoms with E-state index in [1.165, 1.54) is 0 Å². The van der Waals surface area contributed by atoms with Crippen LogP contribution in [0.1, 0.15) is 25.3 Å². The number of hydrogen-bond acceptors (Lipinski definition) is 3. The molecule has 1 aromatic rings.